The third-order valence-corrected chi connectivity index (χ3v) is 4.66. The SMILES string of the molecule is CN(Cc1ccc(C#N)cc1)C(=O)c1cc2c(F)cccc2s1. The molecule has 3 rings (SSSR count). The molecule has 1 aromatic heterocycles. The van der Waals surface area contributed by atoms with Crippen LogP contribution in [0.5, 0.6) is 0 Å². The average molecular weight is 324 g/mol. The summed E-state index contributed by atoms with van der Waals surface area (Å²) in [5.74, 6) is -0.456. The molecule has 0 radical (unpaired) electrons. The van der Waals surface area contributed by atoms with Crippen molar-refractivity contribution in [3.8, 4) is 6.07 Å². The third-order valence-electron chi connectivity index (χ3n) is 3.57. The summed E-state index contributed by atoms with van der Waals surface area (Å²) >= 11 is 1.29. The fraction of sp³-hybridized carbons (Fsp3) is 0.111. The van der Waals surface area contributed by atoms with Crippen molar-refractivity contribution in [3.63, 3.8) is 0 Å². The van der Waals surface area contributed by atoms with Crippen molar-refractivity contribution in [2.45, 2.75) is 6.54 Å². The molecule has 0 aliphatic rings. The second kappa shape index (κ2) is 6.19. The zero-order valence-corrected chi connectivity index (χ0v) is 13.2. The molecule has 1 heterocycles. The van der Waals surface area contributed by atoms with Crippen molar-refractivity contribution in [1.29, 1.82) is 5.26 Å². The van der Waals surface area contributed by atoms with E-state index in [0.717, 1.165) is 10.3 Å². The molecular formula is C18H13FN2OS. The fourth-order valence-electron chi connectivity index (χ4n) is 2.35. The molecular weight excluding hydrogens is 311 g/mol. The van der Waals surface area contributed by atoms with E-state index in [-0.39, 0.29) is 11.7 Å². The van der Waals surface area contributed by atoms with E-state index in [4.69, 9.17) is 5.26 Å². The molecule has 0 fully saturated rings. The van der Waals surface area contributed by atoms with Crippen LogP contribution < -0.4 is 0 Å². The van der Waals surface area contributed by atoms with Crippen molar-refractivity contribution < 1.29 is 9.18 Å². The van der Waals surface area contributed by atoms with Crippen molar-refractivity contribution in [2.75, 3.05) is 7.05 Å². The van der Waals surface area contributed by atoms with Gasteiger partial charge >= 0.3 is 0 Å². The van der Waals surface area contributed by atoms with E-state index in [2.05, 4.69) is 6.07 Å². The number of fused-ring (bicyclic) bond motifs is 1. The Hall–Kier alpha value is -2.71. The molecule has 0 aliphatic carbocycles. The van der Waals surface area contributed by atoms with E-state index in [1.807, 2.05) is 12.1 Å². The highest BCUT2D eigenvalue weighted by Gasteiger charge is 2.16. The van der Waals surface area contributed by atoms with Crippen LogP contribution in [0.25, 0.3) is 10.1 Å². The van der Waals surface area contributed by atoms with Gasteiger partial charge in [-0.25, -0.2) is 4.39 Å². The second-order valence-corrected chi connectivity index (χ2v) is 6.32. The summed E-state index contributed by atoms with van der Waals surface area (Å²) in [7, 11) is 1.71. The first kappa shape index (κ1) is 15.2. The van der Waals surface area contributed by atoms with Crippen LogP contribution in [-0.2, 0) is 6.54 Å². The monoisotopic (exact) mass is 324 g/mol. The van der Waals surface area contributed by atoms with Crippen molar-refractivity contribution in [2.24, 2.45) is 0 Å². The molecule has 0 saturated heterocycles. The largest absolute Gasteiger partial charge is 0.337 e. The van der Waals surface area contributed by atoms with Crippen LogP contribution in [-0.4, -0.2) is 17.9 Å². The normalized spacial score (nSPS) is 10.5. The Kier molecular flexibility index (Phi) is 4.09. The van der Waals surface area contributed by atoms with Gasteiger partial charge in [0.25, 0.3) is 5.91 Å². The fourth-order valence-corrected chi connectivity index (χ4v) is 3.42. The molecule has 3 aromatic rings. The van der Waals surface area contributed by atoms with Gasteiger partial charge in [0.1, 0.15) is 5.82 Å². The zero-order valence-electron chi connectivity index (χ0n) is 12.4. The molecule has 0 saturated carbocycles. The summed E-state index contributed by atoms with van der Waals surface area (Å²) in [5, 5.41) is 9.27. The highest BCUT2D eigenvalue weighted by molar-refractivity contribution is 7.20. The van der Waals surface area contributed by atoms with Gasteiger partial charge in [-0.1, -0.05) is 18.2 Å². The molecule has 0 atom stereocenters. The number of carbonyl (C=O) groups is 1. The lowest BCUT2D eigenvalue weighted by atomic mass is 10.1. The van der Waals surface area contributed by atoms with Crippen LogP contribution in [0, 0.1) is 17.1 Å². The van der Waals surface area contributed by atoms with Crippen LogP contribution in [0.2, 0.25) is 0 Å². The number of thiophene rings is 1. The van der Waals surface area contributed by atoms with E-state index in [1.165, 1.54) is 17.4 Å². The standard InChI is InChI=1S/C18H13FN2OS/c1-21(11-13-7-5-12(10-20)6-8-13)18(22)17-9-14-15(19)3-2-4-16(14)23-17/h2-9H,11H2,1H3. The van der Waals surface area contributed by atoms with Crippen LogP contribution in [0.3, 0.4) is 0 Å². The van der Waals surface area contributed by atoms with Gasteiger partial charge in [-0.15, -0.1) is 11.3 Å². The number of nitriles is 1. The first-order valence-corrected chi connectivity index (χ1v) is 7.82. The summed E-state index contributed by atoms with van der Waals surface area (Å²) in [4.78, 5) is 14.6. The summed E-state index contributed by atoms with van der Waals surface area (Å²) < 4.78 is 14.5. The third kappa shape index (κ3) is 3.08. The number of nitrogens with zero attached hydrogens (tertiary/aromatic N) is 2. The van der Waals surface area contributed by atoms with Crippen LogP contribution in [0.1, 0.15) is 20.8 Å². The van der Waals surface area contributed by atoms with E-state index in [0.29, 0.717) is 22.4 Å². The van der Waals surface area contributed by atoms with Crippen molar-refractivity contribution >= 4 is 27.3 Å². The zero-order chi connectivity index (χ0) is 16.4. The maximum Gasteiger partial charge on any atom is 0.264 e. The maximum atomic E-state index is 13.7. The number of halogens is 1. The lowest BCUT2D eigenvalue weighted by Gasteiger charge is -2.16. The Bertz CT molecular complexity index is 909. The number of benzene rings is 2. The van der Waals surface area contributed by atoms with Crippen LogP contribution in [0.15, 0.2) is 48.5 Å². The molecule has 0 unspecified atom stereocenters. The van der Waals surface area contributed by atoms with Crippen LogP contribution in [0.4, 0.5) is 4.39 Å². The summed E-state index contributed by atoms with van der Waals surface area (Å²) in [6, 6.07) is 15.6. The molecule has 3 nitrogen and oxygen atoms in total. The highest BCUT2D eigenvalue weighted by Crippen LogP contribution is 2.28. The van der Waals surface area contributed by atoms with Gasteiger partial charge in [-0.2, -0.15) is 5.26 Å². The average Bonchev–Trinajstić information content (AvgIpc) is 3.00. The molecule has 0 N–H and O–H groups in total. The van der Waals surface area contributed by atoms with E-state index >= 15 is 0 Å². The Morgan fingerprint density at radius 3 is 2.65 bits per heavy atom. The first-order chi connectivity index (χ1) is 11.1. The van der Waals surface area contributed by atoms with Crippen molar-refractivity contribution in [1.82, 2.24) is 4.90 Å². The van der Waals surface area contributed by atoms with Gasteiger partial charge in [-0.3, -0.25) is 4.79 Å². The number of hydrogen-bond donors (Lipinski definition) is 0. The minimum Gasteiger partial charge on any atom is -0.337 e. The molecule has 0 spiro atoms. The summed E-state index contributed by atoms with van der Waals surface area (Å²) in [5.41, 5.74) is 1.52. The minimum absolute atomic E-state index is 0.144. The van der Waals surface area contributed by atoms with E-state index in [9.17, 15) is 9.18 Å². The highest BCUT2D eigenvalue weighted by atomic mass is 32.1. The number of rotatable bonds is 3. The molecule has 5 heteroatoms. The van der Waals surface area contributed by atoms with E-state index in [1.54, 1.807) is 42.3 Å². The lowest BCUT2D eigenvalue weighted by molar-refractivity contribution is 0.0790. The number of hydrogen-bond acceptors (Lipinski definition) is 3. The molecule has 0 bridgehead atoms. The number of amides is 1. The van der Waals surface area contributed by atoms with E-state index < -0.39 is 0 Å². The van der Waals surface area contributed by atoms with Crippen molar-refractivity contribution in [3.05, 3.63) is 70.4 Å². The molecule has 0 aliphatic heterocycles. The predicted octanol–water partition coefficient (Wildman–Crippen LogP) is 4.18. The summed E-state index contributed by atoms with van der Waals surface area (Å²) in [6.45, 7) is 0.432. The van der Waals surface area contributed by atoms with Gasteiger partial charge in [0.05, 0.1) is 16.5 Å². The quantitative estimate of drug-likeness (QED) is 0.725. The Balaban J connectivity index is 1.80. The Morgan fingerprint density at radius 1 is 1.26 bits per heavy atom. The molecule has 23 heavy (non-hydrogen) atoms. The van der Waals surface area contributed by atoms with Crippen LogP contribution >= 0.6 is 11.3 Å². The Morgan fingerprint density at radius 2 is 2.00 bits per heavy atom. The number of carbonyl (C=O) groups excluding carboxylic acids is 1. The lowest BCUT2D eigenvalue weighted by Crippen LogP contribution is -2.25. The second-order valence-electron chi connectivity index (χ2n) is 5.23. The predicted molar refractivity (Wildman–Crippen MR) is 88.7 cm³/mol. The van der Waals surface area contributed by atoms with Gasteiger partial charge in [0, 0.05) is 23.7 Å². The molecule has 1 amide bonds. The Labute approximate surface area is 137 Å². The minimum atomic E-state index is -0.312. The van der Waals surface area contributed by atoms with Gasteiger partial charge in [-0.05, 0) is 35.9 Å². The molecule has 114 valence electrons. The van der Waals surface area contributed by atoms with Gasteiger partial charge < -0.3 is 4.90 Å². The topological polar surface area (TPSA) is 44.1 Å². The van der Waals surface area contributed by atoms with Gasteiger partial charge in [0.15, 0.2) is 0 Å². The first-order valence-electron chi connectivity index (χ1n) is 7.01. The molecule has 2 aromatic carbocycles. The van der Waals surface area contributed by atoms with Gasteiger partial charge in [0.2, 0.25) is 0 Å². The summed E-state index contributed by atoms with van der Waals surface area (Å²) in [6.07, 6.45) is 0. The maximum absolute atomic E-state index is 13.7. The smallest absolute Gasteiger partial charge is 0.264 e.